The van der Waals surface area contributed by atoms with Crippen LogP contribution in [0.4, 0.5) is 5.69 Å². The number of ether oxygens (including phenoxy) is 1. The van der Waals surface area contributed by atoms with E-state index < -0.39 is 5.25 Å². The standard InChI is InChI=1S/C17H14BrNO3S/c1-22-13-4-2-3-5-14(13)23-15-10-16(20)19(17(15)21)12-8-6-11(18)7-9-12/h2-9,15H,10H2,1H3. The molecule has 0 spiro atoms. The fourth-order valence-electron chi connectivity index (χ4n) is 2.43. The molecule has 118 valence electrons. The van der Waals surface area contributed by atoms with Gasteiger partial charge < -0.3 is 4.74 Å². The predicted octanol–water partition coefficient (Wildman–Crippen LogP) is 3.88. The summed E-state index contributed by atoms with van der Waals surface area (Å²) in [6.07, 6.45) is 0.192. The van der Waals surface area contributed by atoms with Gasteiger partial charge in [-0.2, -0.15) is 0 Å². The zero-order valence-corrected chi connectivity index (χ0v) is 14.8. The molecule has 1 fully saturated rings. The number of amides is 2. The fraction of sp³-hybridized carbons (Fsp3) is 0.176. The van der Waals surface area contributed by atoms with Crippen molar-refractivity contribution < 1.29 is 14.3 Å². The minimum atomic E-state index is -0.428. The number of anilines is 1. The number of carbonyl (C=O) groups is 2. The molecule has 4 nitrogen and oxygen atoms in total. The van der Waals surface area contributed by atoms with Gasteiger partial charge in [-0.3, -0.25) is 9.59 Å². The Kier molecular flexibility index (Phi) is 4.73. The highest BCUT2D eigenvalue weighted by Crippen LogP contribution is 2.38. The van der Waals surface area contributed by atoms with E-state index in [4.69, 9.17) is 4.74 Å². The molecule has 0 bridgehead atoms. The summed E-state index contributed by atoms with van der Waals surface area (Å²) in [7, 11) is 1.59. The van der Waals surface area contributed by atoms with Gasteiger partial charge in [0.2, 0.25) is 11.8 Å². The van der Waals surface area contributed by atoms with Crippen molar-refractivity contribution in [3.8, 4) is 5.75 Å². The van der Waals surface area contributed by atoms with Crippen molar-refractivity contribution in [2.75, 3.05) is 12.0 Å². The first kappa shape index (κ1) is 16.1. The van der Waals surface area contributed by atoms with Gasteiger partial charge >= 0.3 is 0 Å². The Labute approximate surface area is 146 Å². The summed E-state index contributed by atoms with van der Waals surface area (Å²) in [5.41, 5.74) is 0.603. The molecular weight excluding hydrogens is 378 g/mol. The summed E-state index contributed by atoms with van der Waals surface area (Å²) in [5.74, 6) is 0.345. The summed E-state index contributed by atoms with van der Waals surface area (Å²) in [6, 6.07) is 14.6. The van der Waals surface area contributed by atoms with E-state index in [2.05, 4.69) is 15.9 Å². The summed E-state index contributed by atoms with van der Waals surface area (Å²) < 4.78 is 6.21. The lowest BCUT2D eigenvalue weighted by Gasteiger charge is -2.15. The molecule has 0 radical (unpaired) electrons. The second-order valence-electron chi connectivity index (χ2n) is 5.01. The Morgan fingerprint density at radius 2 is 1.83 bits per heavy atom. The summed E-state index contributed by atoms with van der Waals surface area (Å²) in [4.78, 5) is 27.0. The van der Waals surface area contributed by atoms with Gasteiger partial charge in [0.25, 0.3) is 0 Å². The Balaban J connectivity index is 1.82. The molecule has 0 aromatic heterocycles. The molecule has 2 amide bonds. The van der Waals surface area contributed by atoms with E-state index in [9.17, 15) is 9.59 Å². The first-order valence-electron chi connectivity index (χ1n) is 7.02. The molecule has 23 heavy (non-hydrogen) atoms. The van der Waals surface area contributed by atoms with Crippen molar-refractivity contribution >= 4 is 45.2 Å². The van der Waals surface area contributed by atoms with Crippen LogP contribution in [-0.2, 0) is 9.59 Å². The van der Waals surface area contributed by atoms with Crippen LogP contribution in [0.15, 0.2) is 57.9 Å². The van der Waals surface area contributed by atoms with Crippen LogP contribution >= 0.6 is 27.7 Å². The first-order valence-corrected chi connectivity index (χ1v) is 8.69. The van der Waals surface area contributed by atoms with Crippen molar-refractivity contribution in [2.45, 2.75) is 16.6 Å². The maximum atomic E-state index is 12.6. The number of imide groups is 1. The normalized spacial score (nSPS) is 17.7. The van der Waals surface area contributed by atoms with Crippen molar-refractivity contribution in [3.63, 3.8) is 0 Å². The fourth-order valence-corrected chi connectivity index (χ4v) is 3.85. The third-order valence-electron chi connectivity index (χ3n) is 3.53. The molecule has 0 aliphatic carbocycles. The van der Waals surface area contributed by atoms with Crippen LogP contribution in [-0.4, -0.2) is 24.2 Å². The average Bonchev–Trinajstić information content (AvgIpc) is 2.83. The quantitative estimate of drug-likeness (QED) is 0.741. The maximum Gasteiger partial charge on any atom is 0.247 e. The largest absolute Gasteiger partial charge is 0.496 e. The minimum absolute atomic E-state index is 0.176. The molecule has 6 heteroatoms. The highest BCUT2D eigenvalue weighted by Gasteiger charge is 2.40. The molecular formula is C17H14BrNO3S. The lowest BCUT2D eigenvalue weighted by atomic mass is 10.3. The summed E-state index contributed by atoms with van der Waals surface area (Å²) in [6.45, 7) is 0. The molecule has 1 aliphatic heterocycles. The smallest absolute Gasteiger partial charge is 0.247 e. The second-order valence-corrected chi connectivity index (χ2v) is 7.17. The van der Waals surface area contributed by atoms with E-state index in [1.54, 1.807) is 19.2 Å². The number of halogens is 1. The van der Waals surface area contributed by atoms with E-state index >= 15 is 0 Å². The van der Waals surface area contributed by atoms with Crippen molar-refractivity contribution in [1.82, 2.24) is 0 Å². The number of hydrogen-bond donors (Lipinski definition) is 0. The van der Waals surface area contributed by atoms with Crippen LogP contribution in [0.5, 0.6) is 5.75 Å². The maximum absolute atomic E-state index is 12.6. The number of para-hydroxylation sites is 1. The molecule has 1 atom stereocenters. The molecule has 1 unspecified atom stereocenters. The van der Waals surface area contributed by atoms with Crippen molar-refractivity contribution in [1.29, 1.82) is 0 Å². The number of hydrogen-bond acceptors (Lipinski definition) is 4. The zero-order valence-electron chi connectivity index (χ0n) is 12.4. The number of thioether (sulfide) groups is 1. The molecule has 1 saturated heterocycles. The van der Waals surface area contributed by atoms with Gasteiger partial charge in [-0.1, -0.05) is 28.1 Å². The first-order chi connectivity index (χ1) is 11.1. The van der Waals surface area contributed by atoms with E-state index in [1.165, 1.54) is 16.7 Å². The van der Waals surface area contributed by atoms with Gasteiger partial charge in [0.1, 0.15) is 5.75 Å². The van der Waals surface area contributed by atoms with Crippen molar-refractivity contribution in [3.05, 3.63) is 53.0 Å². The molecule has 2 aromatic rings. The van der Waals surface area contributed by atoms with Gasteiger partial charge in [0, 0.05) is 10.9 Å². The van der Waals surface area contributed by atoms with E-state index in [0.717, 1.165) is 9.37 Å². The monoisotopic (exact) mass is 391 g/mol. The number of benzene rings is 2. The Bertz CT molecular complexity index is 748. The van der Waals surface area contributed by atoms with E-state index in [1.807, 2.05) is 36.4 Å². The van der Waals surface area contributed by atoms with Gasteiger partial charge in [-0.05, 0) is 36.4 Å². The average molecular weight is 392 g/mol. The molecule has 2 aromatic carbocycles. The van der Waals surface area contributed by atoms with Crippen LogP contribution in [0.1, 0.15) is 6.42 Å². The van der Waals surface area contributed by atoms with Gasteiger partial charge in [-0.15, -0.1) is 11.8 Å². The molecule has 0 N–H and O–H groups in total. The molecule has 1 heterocycles. The van der Waals surface area contributed by atoms with Crippen molar-refractivity contribution in [2.24, 2.45) is 0 Å². The van der Waals surface area contributed by atoms with E-state index in [-0.39, 0.29) is 18.2 Å². The molecule has 1 aliphatic rings. The molecule has 0 saturated carbocycles. The van der Waals surface area contributed by atoms with Crippen LogP contribution in [0, 0.1) is 0 Å². The Hall–Kier alpha value is -1.79. The minimum Gasteiger partial charge on any atom is -0.496 e. The lowest BCUT2D eigenvalue weighted by Crippen LogP contribution is -2.31. The second kappa shape index (κ2) is 6.76. The highest BCUT2D eigenvalue weighted by atomic mass is 79.9. The van der Waals surface area contributed by atoms with Gasteiger partial charge in [-0.25, -0.2) is 4.90 Å². The highest BCUT2D eigenvalue weighted by molar-refractivity contribution is 9.10. The number of methoxy groups -OCH3 is 1. The topological polar surface area (TPSA) is 46.6 Å². The third kappa shape index (κ3) is 3.28. The SMILES string of the molecule is COc1ccccc1SC1CC(=O)N(c2ccc(Br)cc2)C1=O. The number of carbonyl (C=O) groups excluding carboxylic acids is 2. The van der Waals surface area contributed by atoms with Crippen LogP contribution in [0.25, 0.3) is 0 Å². The Morgan fingerprint density at radius 1 is 1.13 bits per heavy atom. The third-order valence-corrected chi connectivity index (χ3v) is 5.30. The Morgan fingerprint density at radius 3 is 2.52 bits per heavy atom. The predicted molar refractivity (Wildman–Crippen MR) is 93.9 cm³/mol. The summed E-state index contributed by atoms with van der Waals surface area (Å²) >= 11 is 4.72. The van der Waals surface area contributed by atoms with Gasteiger partial charge in [0.05, 0.1) is 22.9 Å². The van der Waals surface area contributed by atoms with Gasteiger partial charge in [0.15, 0.2) is 0 Å². The zero-order chi connectivity index (χ0) is 16.4. The van der Waals surface area contributed by atoms with E-state index in [0.29, 0.717) is 11.4 Å². The summed E-state index contributed by atoms with van der Waals surface area (Å²) in [5, 5.41) is -0.428. The van der Waals surface area contributed by atoms with Crippen LogP contribution in [0.2, 0.25) is 0 Å². The molecule has 3 rings (SSSR count). The van der Waals surface area contributed by atoms with Crippen LogP contribution < -0.4 is 9.64 Å². The van der Waals surface area contributed by atoms with Crippen LogP contribution in [0.3, 0.4) is 0 Å². The lowest BCUT2D eigenvalue weighted by molar-refractivity contribution is -0.121. The number of nitrogens with zero attached hydrogens (tertiary/aromatic N) is 1. The number of rotatable bonds is 4.